The van der Waals surface area contributed by atoms with E-state index in [1.54, 1.807) is 36.9 Å². The first-order chi connectivity index (χ1) is 10.8. The van der Waals surface area contributed by atoms with Crippen LogP contribution in [0.3, 0.4) is 0 Å². The van der Waals surface area contributed by atoms with Crippen molar-refractivity contribution < 1.29 is 13.2 Å². The summed E-state index contributed by atoms with van der Waals surface area (Å²) in [6.45, 7) is 8.20. The van der Waals surface area contributed by atoms with Crippen molar-refractivity contribution in [3.63, 3.8) is 0 Å². The average molecular weight is 337 g/mol. The highest BCUT2D eigenvalue weighted by Gasteiger charge is 2.28. The Morgan fingerprint density at radius 3 is 2.39 bits per heavy atom. The summed E-state index contributed by atoms with van der Waals surface area (Å²) in [6.07, 6.45) is 0. The first kappa shape index (κ1) is 17.5. The third-order valence-corrected chi connectivity index (χ3v) is 5.97. The third kappa shape index (κ3) is 3.24. The molecule has 0 radical (unpaired) electrons. The smallest absolute Gasteiger partial charge is 0.242 e. The number of carbonyl (C=O) groups excluding carboxylic acids is 1. The number of benzene rings is 1. The average Bonchev–Trinajstić information content (AvgIpc) is 2.88. The molecule has 1 heterocycles. The molecule has 2 aromatic rings. The second kappa shape index (κ2) is 6.70. The Balaban J connectivity index is 2.59. The molecule has 0 spiro atoms. The number of hydrogen-bond acceptors (Lipinski definition) is 4. The SMILES string of the molecule is CCN(CC)C(=O)Cn1c(S(=O)(=O)C(C)C)nc2ccccc21. The van der Waals surface area contributed by atoms with E-state index in [1.807, 2.05) is 19.9 Å². The van der Waals surface area contributed by atoms with Crippen molar-refractivity contribution in [1.82, 2.24) is 14.5 Å². The monoisotopic (exact) mass is 337 g/mol. The molecule has 0 aliphatic heterocycles. The lowest BCUT2D eigenvalue weighted by molar-refractivity contribution is -0.131. The molecule has 23 heavy (non-hydrogen) atoms. The van der Waals surface area contributed by atoms with Gasteiger partial charge in [0.1, 0.15) is 6.54 Å². The number of nitrogens with zero attached hydrogens (tertiary/aromatic N) is 3. The van der Waals surface area contributed by atoms with E-state index in [4.69, 9.17) is 0 Å². The van der Waals surface area contributed by atoms with Crippen LogP contribution in [0.2, 0.25) is 0 Å². The molecular formula is C16H23N3O3S. The second-order valence-electron chi connectivity index (χ2n) is 5.63. The molecule has 0 aliphatic carbocycles. The maximum Gasteiger partial charge on any atom is 0.242 e. The van der Waals surface area contributed by atoms with Crippen LogP contribution in [0.25, 0.3) is 11.0 Å². The number of fused-ring (bicyclic) bond motifs is 1. The predicted octanol–water partition coefficient (Wildman–Crippen LogP) is 2.09. The highest BCUT2D eigenvalue weighted by atomic mass is 32.2. The van der Waals surface area contributed by atoms with Crippen molar-refractivity contribution in [2.75, 3.05) is 13.1 Å². The number of imidazole rings is 1. The van der Waals surface area contributed by atoms with Gasteiger partial charge in [-0.2, -0.15) is 0 Å². The highest BCUT2D eigenvalue weighted by Crippen LogP contribution is 2.22. The molecule has 0 N–H and O–H groups in total. The molecule has 0 atom stereocenters. The first-order valence-electron chi connectivity index (χ1n) is 7.79. The van der Waals surface area contributed by atoms with Gasteiger partial charge in [-0.15, -0.1) is 0 Å². The summed E-state index contributed by atoms with van der Waals surface area (Å²) in [5.41, 5.74) is 1.24. The summed E-state index contributed by atoms with van der Waals surface area (Å²) in [5, 5.41) is -0.629. The minimum Gasteiger partial charge on any atom is -0.342 e. The largest absolute Gasteiger partial charge is 0.342 e. The fraction of sp³-hybridized carbons (Fsp3) is 0.500. The topological polar surface area (TPSA) is 72.3 Å². The van der Waals surface area contributed by atoms with Gasteiger partial charge < -0.3 is 9.47 Å². The van der Waals surface area contributed by atoms with E-state index in [-0.39, 0.29) is 17.6 Å². The number of para-hydroxylation sites is 2. The van der Waals surface area contributed by atoms with Gasteiger partial charge >= 0.3 is 0 Å². The van der Waals surface area contributed by atoms with Gasteiger partial charge in [0.15, 0.2) is 0 Å². The third-order valence-electron chi connectivity index (χ3n) is 3.90. The van der Waals surface area contributed by atoms with Crippen LogP contribution in [0.5, 0.6) is 0 Å². The summed E-state index contributed by atoms with van der Waals surface area (Å²) >= 11 is 0. The molecule has 2 rings (SSSR count). The van der Waals surface area contributed by atoms with Crippen LogP contribution in [-0.4, -0.2) is 47.1 Å². The zero-order valence-electron chi connectivity index (χ0n) is 14.0. The summed E-state index contributed by atoms with van der Waals surface area (Å²) in [4.78, 5) is 18.4. The minimum atomic E-state index is -3.57. The van der Waals surface area contributed by atoms with Gasteiger partial charge in [-0.05, 0) is 39.8 Å². The number of amides is 1. The van der Waals surface area contributed by atoms with E-state index in [2.05, 4.69) is 4.98 Å². The number of sulfone groups is 1. The fourth-order valence-electron chi connectivity index (χ4n) is 2.45. The van der Waals surface area contributed by atoms with Crippen molar-refractivity contribution >= 4 is 26.8 Å². The van der Waals surface area contributed by atoms with E-state index in [0.717, 1.165) is 0 Å². The van der Waals surface area contributed by atoms with E-state index in [1.165, 1.54) is 4.57 Å². The molecule has 1 aromatic heterocycles. The molecule has 126 valence electrons. The lowest BCUT2D eigenvalue weighted by atomic mass is 10.3. The molecule has 0 fully saturated rings. The maximum atomic E-state index is 12.6. The molecule has 7 heteroatoms. The standard InChI is InChI=1S/C16H23N3O3S/c1-5-18(6-2)15(20)11-19-14-10-8-7-9-13(14)17-16(19)23(21,22)12(3)4/h7-10,12H,5-6,11H2,1-4H3. The number of hydrogen-bond donors (Lipinski definition) is 0. The van der Waals surface area contributed by atoms with Crippen molar-refractivity contribution in [3.05, 3.63) is 24.3 Å². The lowest BCUT2D eigenvalue weighted by Crippen LogP contribution is -2.34. The molecule has 1 amide bonds. The Hall–Kier alpha value is -1.89. The fourth-order valence-corrected chi connectivity index (χ4v) is 3.56. The predicted molar refractivity (Wildman–Crippen MR) is 90.0 cm³/mol. The summed E-state index contributed by atoms with van der Waals surface area (Å²) in [7, 11) is -3.57. The lowest BCUT2D eigenvalue weighted by Gasteiger charge is -2.20. The van der Waals surface area contributed by atoms with E-state index < -0.39 is 15.1 Å². The highest BCUT2D eigenvalue weighted by molar-refractivity contribution is 7.91. The molecule has 1 aromatic carbocycles. The molecule has 0 bridgehead atoms. The van der Waals surface area contributed by atoms with Crippen LogP contribution in [-0.2, 0) is 21.2 Å². The molecular weight excluding hydrogens is 314 g/mol. The molecule has 0 aliphatic rings. The maximum absolute atomic E-state index is 12.6. The van der Waals surface area contributed by atoms with Gasteiger partial charge in [0.05, 0.1) is 16.3 Å². The summed E-state index contributed by atoms with van der Waals surface area (Å²) in [6, 6.07) is 7.16. The van der Waals surface area contributed by atoms with Gasteiger partial charge in [0.2, 0.25) is 20.9 Å². The van der Waals surface area contributed by atoms with E-state index in [0.29, 0.717) is 24.1 Å². The van der Waals surface area contributed by atoms with Gasteiger partial charge in [-0.1, -0.05) is 12.1 Å². The molecule has 0 unspecified atom stereocenters. The van der Waals surface area contributed by atoms with E-state index in [9.17, 15) is 13.2 Å². The quantitative estimate of drug-likeness (QED) is 0.809. The molecule has 0 saturated carbocycles. The van der Waals surface area contributed by atoms with Crippen LogP contribution >= 0.6 is 0 Å². The van der Waals surface area contributed by atoms with Crippen molar-refractivity contribution in [3.8, 4) is 0 Å². The first-order valence-corrected chi connectivity index (χ1v) is 9.34. The minimum absolute atomic E-state index is 0.0243. The van der Waals surface area contributed by atoms with Crippen molar-refractivity contribution in [2.45, 2.75) is 44.6 Å². The summed E-state index contributed by atoms with van der Waals surface area (Å²) in [5.74, 6) is -0.113. The van der Waals surface area contributed by atoms with Gasteiger partial charge in [0.25, 0.3) is 0 Å². The van der Waals surface area contributed by atoms with Crippen LogP contribution < -0.4 is 0 Å². The van der Waals surface area contributed by atoms with E-state index >= 15 is 0 Å². The van der Waals surface area contributed by atoms with Crippen LogP contribution in [0.1, 0.15) is 27.7 Å². The van der Waals surface area contributed by atoms with Crippen molar-refractivity contribution in [1.29, 1.82) is 0 Å². The normalized spacial score (nSPS) is 12.0. The Bertz CT molecular complexity index is 805. The number of rotatable bonds is 6. The Kier molecular flexibility index (Phi) is 5.09. The Labute approximate surface area is 137 Å². The van der Waals surface area contributed by atoms with Crippen LogP contribution in [0.15, 0.2) is 29.4 Å². The summed E-state index contributed by atoms with van der Waals surface area (Å²) < 4.78 is 26.7. The van der Waals surface area contributed by atoms with Gasteiger partial charge in [0, 0.05) is 13.1 Å². The zero-order chi connectivity index (χ0) is 17.2. The number of aromatic nitrogens is 2. The zero-order valence-corrected chi connectivity index (χ0v) is 14.8. The van der Waals surface area contributed by atoms with Gasteiger partial charge in [-0.25, -0.2) is 13.4 Å². The Morgan fingerprint density at radius 1 is 1.22 bits per heavy atom. The Morgan fingerprint density at radius 2 is 1.83 bits per heavy atom. The number of likely N-dealkylation sites (N-methyl/N-ethyl adjacent to an activating group) is 1. The number of carbonyl (C=O) groups is 1. The second-order valence-corrected chi connectivity index (χ2v) is 8.03. The van der Waals surface area contributed by atoms with Crippen LogP contribution in [0, 0.1) is 0 Å². The molecule has 0 saturated heterocycles. The van der Waals surface area contributed by atoms with Crippen LogP contribution in [0.4, 0.5) is 0 Å². The van der Waals surface area contributed by atoms with Gasteiger partial charge in [-0.3, -0.25) is 4.79 Å². The molecule has 6 nitrogen and oxygen atoms in total. The van der Waals surface area contributed by atoms with Crippen molar-refractivity contribution in [2.24, 2.45) is 0 Å².